The zero-order valence-corrected chi connectivity index (χ0v) is 17.5. The number of carbonyl (C=O) groups excluding carboxylic acids is 3. The predicted octanol–water partition coefficient (Wildman–Crippen LogP) is 2.93. The maximum absolute atomic E-state index is 14.6. The van der Waals surface area contributed by atoms with Gasteiger partial charge in [-0.25, -0.2) is 18.8 Å². The molecule has 0 N–H and O–H groups in total. The minimum Gasteiger partial charge on any atom is -0.493 e. The first-order valence-electron chi connectivity index (χ1n) is 8.57. The number of methoxy groups -OCH3 is 4. The van der Waals surface area contributed by atoms with Crippen LogP contribution < -0.4 is 9.47 Å². The molecular formula is C19H26FNO8. The van der Waals surface area contributed by atoms with Crippen LogP contribution >= 0.6 is 0 Å². The smallest absolute Gasteiger partial charge is 0.420 e. The van der Waals surface area contributed by atoms with Gasteiger partial charge in [0, 0.05) is 12.5 Å². The second-order valence-corrected chi connectivity index (χ2v) is 6.86. The Kier molecular flexibility index (Phi) is 8.23. The summed E-state index contributed by atoms with van der Waals surface area (Å²) in [6.07, 6.45) is -2.70. The van der Waals surface area contributed by atoms with Gasteiger partial charge in [-0.3, -0.25) is 0 Å². The average Bonchev–Trinajstić information content (AvgIpc) is 2.65. The van der Waals surface area contributed by atoms with E-state index in [1.165, 1.54) is 20.3 Å². The summed E-state index contributed by atoms with van der Waals surface area (Å²) < 4.78 is 39.2. The topological polar surface area (TPSA) is 101 Å². The molecule has 0 spiro atoms. The first kappa shape index (κ1) is 24.0. The second kappa shape index (κ2) is 9.94. The Morgan fingerprint density at radius 1 is 0.966 bits per heavy atom. The van der Waals surface area contributed by atoms with Crippen molar-refractivity contribution in [1.82, 2.24) is 4.90 Å². The number of benzene rings is 1. The molecule has 0 fully saturated rings. The third-order valence-electron chi connectivity index (χ3n) is 3.71. The van der Waals surface area contributed by atoms with E-state index in [0.717, 1.165) is 20.3 Å². The van der Waals surface area contributed by atoms with Gasteiger partial charge in [0.25, 0.3) is 0 Å². The number of nitrogens with zero attached hydrogens (tertiary/aromatic N) is 1. The molecular weight excluding hydrogens is 389 g/mol. The molecule has 0 aliphatic rings. The molecule has 1 atom stereocenters. The number of carbonyl (C=O) groups is 3. The highest BCUT2D eigenvalue weighted by Gasteiger charge is 2.40. The van der Waals surface area contributed by atoms with Crippen LogP contribution in [0, 0.1) is 5.82 Å². The monoisotopic (exact) mass is 415 g/mol. The molecule has 0 heterocycles. The van der Waals surface area contributed by atoms with E-state index in [2.05, 4.69) is 4.74 Å². The largest absolute Gasteiger partial charge is 0.493 e. The van der Waals surface area contributed by atoms with Crippen LogP contribution in [-0.4, -0.2) is 63.1 Å². The Labute approximate surface area is 168 Å². The van der Waals surface area contributed by atoms with Crippen LogP contribution in [0.15, 0.2) is 12.1 Å². The highest BCUT2D eigenvalue weighted by molar-refractivity contribution is 5.94. The van der Waals surface area contributed by atoms with E-state index in [1.54, 1.807) is 20.8 Å². The van der Waals surface area contributed by atoms with Crippen molar-refractivity contribution in [3.63, 3.8) is 0 Å². The standard InChI is InChI=1S/C19H26FNO8/c1-19(2,3)29-18(24)21(17(23)28-7)13(16(22)27-6)8-11-9-14(25-4)15(26-5)10-12(11)20/h9-10,13H,8H2,1-7H3. The van der Waals surface area contributed by atoms with Gasteiger partial charge in [-0.2, -0.15) is 4.90 Å². The van der Waals surface area contributed by atoms with Crippen molar-refractivity contribution >= 4 is 18.2 Å². The molecule has 0 saturated carbocycles. The maximum atomic E-state index is 14.6. The Morgan fingerprint density at radius 2 is 1.52 bits per heavy atom. The number of esters is 1. The normalized spacial score (nSPS) is 11.9. The molecule has 0 aromatic heterocycles. The lowest BCUT2D eigenvalue weighted by Crippen LogP contribution is -2.51. The lowest BCUT2D eigenvalue weighted by Gasteiger charge is -2.29. The van der Waals surface area contributed by atoms with Crippen LogP contribution in [0.3, 0.4) is 0 Å². The number of imide groups is 1. The molecule has 1 rings (SSSR count). The van der Waals surface area contributed by atoms with Gasteiger partial charge in [0.1, 0.15) is 17.5 Å². The molecule has 1 aromatic rings. The van der Waals surface area contributed by atoms with E-state index < -0.39 is 42.0 Å². The highest BCUT2D eigenvalue weighted by atomic mass is 19.1. The van der Waals surface area contributed by atoms with Gasteiger partial charge in [0.15, 0.2) is 11.5 Å². The molecule has 10 heteroatoms. The molecule has 0 bridgehead atoms. The molecule has 0 aliphatic heterocycles. The van der Waals surface area contributed by atoms with Crippen molar-refractivity contribution in [2.45, 2.75) is 38.8 Å². The minimum absolute atomic E-state index is 0.0180. The van der Waals surface area contributed by atoms with Gasteiger partial charge in [-0.15, -0.1) is 0 Å². The van der Waals surface area contributed by atoms with Gasteiger partial charge in [-0.05, 0) is 32.4 Å². The van der Waals surface area contributed by atoms with E-state index in [1.807, 2.05) is 0 Å². The molecule has 9 nitrogen and oxygen atoms in total. The number of hydrogen-bond donors (Lipinski definition) is 0. The predicted molar refractivity (Wildman–Crippen MR) is 99.5 cm³/mol. The zero-order chi connectivity index (χ0) is 22.4. The van der Waals surface area contributed by atoms with Crippen molar-refractivity contribution in [1.29, 1.82) is 0 Å². The summed E-state index contributed by atoms with van der Waals surface area (Å²) in [7, 11) is 4.81. The first-order chi connectivity index (χ1) is 13.5. The Balaban J connectivity index is 3.42. The lowest BCUT2D eigenvalue weighted by molar-refractivity contribution is -0.146. The molecule has 29 heavy (non-hydrogen) atoms. The summed E-state index contributed by atoms with van der Waals surface area (Å²) in [5.74, 6) is -1.35. The molecule has 0 radical (unpaired) electrons. The van der Waals surface area contributed by atoms with E-state index >= 15 is 0 Å². The molecule has 1 aromatic carbocycles. The van der Waals surface area contributed by atoms with Crippen LogP contribution in [-0.2, 0) is 25.4 Å². The fourth-order valence-electron chi connectivity index (χ4n) is 2.42. The number of ether oxygens (including phenoxy) is 5. The molecule has 162 valence electrons. The van der Waals surface area contributed by atoms with E-state index in [4.69, 9.17) is 18.9 Å². The van der Waals surface area contributed by atoms with Crippen molar-refractivity contribution < 1.29 is 42.5 Å². The fourth-order valence-corrected chi connectivity index (χ4v) is 2.42. The summed E-state index contributed by atoms with van der Waals surface area (Å²) in [4.78, 5) is 37.7. The maximum Gasteiger partial charge on any atom is 0.420 e. The van der Waals surface area contributed by atoms with E-state index in [9.17, 15) is 18.8 Å². The lowest BCUT2D eigenvalue weighted by atomic mass is 10.0. The Hall–Kier alpha value is -3.04. The van der Waals surface area contributed by atoms with Gasteiger partial charge in [-0.1, -0.05) is 0 Å². The fraction of sp³-hybridized carbons (Fsp3) is 0.526. The summed E-state index contributed by atoms with van der Waals surface area (Å²) in [6.45, 7) is 4.75. The molecule has 0 aliphatic carbocycles. The summed E-state index contributed by atoms with van der Waals surface area (Å²) >= 11 is 0. The van der Waals surface area contributed by atoms with Crippen LogP contribution in [0.25, 0.3) is 0 Å². The quantitative estimate of drug-likeness (QED) is 0.516. The first-order valence-corrected chi connectivity index (χ1v) is 8.57. The average molecular weight is 415 g/mol. The van der Waals surface area contributed by atoms with Gasteiger partial charge in [0.2, 0.25) is 0 Å². The highest BCUT2D eigenvalue weighted by Crippen LogP contribution is 2.31. The second-order valence-electron chi connectivity index (χ2n) is 6.86. The van der Waals surface area contributed by atoms with Crippen LogP contribution in [0.5, 0.6) is 11.5 Å². The number of rotatable bonds is 6. The van der Waals surface area contributed by atoms with Gasteiger partial charge < -0.3 is 23.7 Å². The summed E-state index contributed by atoms with van der Waals surface area (Å²) in [6, 6.07) is 0.822. The SMILES string of the molecule is COC(=O)C(Cc1cc(OC)c(OC)cc1F)N(C(=O)OC)C(=O)OC(C)(C)C. The third kappa shape index (κ3) is 6.23. The molecule has 1 unspecified atom stereocenters. The minimum atomic E-state index is -1.55. The van der Waals surface area contributed by atoms with Gasteiger partial charge in [0.05, 0.1) is 28.4 Å². The summed E-state index contributed by atoms with van der Waals surface area (Å²) in [5.41, 5.74) is -0.978. The van der Waals surface area contributed by atoms with Crippen molar-refractivity contribution in [2.75, 3.05) is 28.4 Å². The van der Waals surface area contributed by atoms with Crippen molar-refractivity contribution in [3.8, 4) is 11.5 Å². The third-order valence-corrected chi connectivity index (χ3v) is 3.71. The van der Waals surface area contributed by atoms with Crippen LogP contribution in [0.2, 0.25) is 0 Å². The Morgan fingerprint density at radius 3 is 1.97 bits per heavy atom. The number of halogens is 1. The molecule has 2 amide bonds. The van der Waals surface area contributed by atoms with Gasteiger partial charge >= 0.3 is 18.2 Å². The molecule has 0 saturated heterocycles. The summed E-state index contributed by atoms with van der Waals surface area (Å²) in [5, 5.41) is 0. The van der Waals surface area contributed by atoms with E-state index in [0.29, 0.717) is 4.90 Å². The van der Waals surface area contributed by atoms with Crippen LogP contribution in [0.4, 0.5) is 14.0 Å². The zero-order valence-electron chi connectivity index (χ0n) is 17.5. The van der Waals surface area contributed by atoms with E-state index in [-0.39, 0.29) is 17.1 Å². The van der Waals surface area contributed by atoms with Crippen LogP contribution in [0.1, 0.15) is 26.3 Å². The van der Waals surface area contributed by atoms with Crippen molar-refractivity contribution in [3.05, 3.63) is 23.5 Å². The van der Waals surface area contributed by atoms with Crippen molar-refractivity contribution in [2.24, 2.45) is 0 Å². The number of amides is 2. The Bertz CT molecular complexity index is 759. The number of hydrogen-bond acceptors (Lipinski definition) is 8.